The van der Waals surface area contributed by atoms with E-state index in [2.05, 4.69) is 26.5 Å². The number of hydrogen-bond donors (Lipinski definition) is 1. The van der Waals surface area contributed by atoms with Gasteiger partial charge in [0.25, 0.3) is 0 Å². The normalized spacial score (nSPS) is 8.71. The third-order valence-electron chi connectivity index (χ3n) is 0.488. The second kappa shape index (κ2) is 1.88. The Hall–Kier alpha value is -0.640. The quantitative estimate of drug-likeness (QED) is 0.438. The van der Waals surface area contributed by atoms with Crippen molar-refractivity contribution in [2.24, 2.45) is 0 Å². The number of hydrogen-bond acceptors (Lipinski definition) is 4. The highest BCUT2D eigenvalue weighted by Crippen LogP contribution is 2.04. The average molecular weight is 117 g/mol. The van der Waals surface area contributed by atoms with E-state index in [1.165, 1.54) is 12.5 Å². The fourth-order valence-corrected chi connectivity index (χ4v) is 0.346. The molecule has 0 spiro atoms. The molecule has 0 fully saturated rings. The van der Waals surface area contributed by atoms with Crippen molar-refractivity contribution in [1.29, 1.82) is 0 Å². The lowest BCUT2D eigenvalue weighted by Gasteiger charge is -1.80. The van der Waals surface area contributed by atoms with Gasteiger partial charge in [-0.3, -0.25) is 0 Å². The number of nitrogens with zero attached hydrogens (tertiary/aromatic N) is 1. The summed E-state index contributed by atoms with van der Waals surface area (Å²) < 4.78 is 8.84. The van der Waals surface area contributed by atoms with Crippen molar-refractivity contribution in [3.05, 3.63) is 12.5 Å². The lowest BCUT2D eigenvalue weighted by molar-refractivity contribution is 0.409. The minimum atomic E-state index is 0.170. The fraction of sp³-hybridized carbons (Fsp3) is 0. The Morgan fingerprint density at radius 1 is 1.86 bits per heavy atom. The average Bonchev–Trinajstić information content (AvgIpc) is 2.14. The summed E-state index contributed by atoms with van der Waals surface area (Å²) in [5.41, 5.74) is 0. The molecular formula is C3H3NO2S. The van der Waals surface area contributed by atoms with Crippen molar-refractivity contribution in [3.8, 4) is 6.08 Å². The van der Waals surface area contributed by atoms with Gasteiger partial charge in [-0.05, 0) is 0 Å². The molecule has 0 aliphatic heterocycles. The van der Waals surface area contributed by atoms with Gasteiger partial charge in [-0.1, -0.05) is 0 Å². The summed E-state index contributed by atoms with van der Waals surface area (Å²) in [7, 11) is 0. The molecule has 0 unspecified atom stereocenters. The van der Waals surface area contributed by atoms with Gasteiger partial charge in [0, 0.05) is 12.9 Å². The summed E-state index contributed by atoms with van der Waals surface area (Å²) in [6.45, 7) is 0. The second-order valence-electron chi connectivity index (χ2n) is 0.889. The first-order chi connectivity index (χ1) is 3.43. The van der Waals surface area contributed by atoms with Crippen molar-refractivity contribution in [2.75, 3.05) is 0 Å². The van der Waals surface area contributed by atoms with Gasteiger partial charge in [0.05, 0.1) is 6.20 Å². The number of thiol groups is 1. The maximum atomic E-state index is 4.57. The highest BCUT2D eigenvalue weighted by molar-refractivity contribution is 7.75. The van der Waals surface area contributed by atoms with Crippen LogP contribution in [0.1, 0.15) is 0 Å². The van der Waals surface area contributed by atoms with Gasteiger partial charge in [0.15, 0.2) is 0 Å². The van der Waals surface area contributed by atoms with Crippen LogP contribution in [0.5, 0.6) is 6.08 Å². The molecule has 0 bridgehead atoms. The van der Waals surface area contributed by atoms with E-state index in [9.17, 15) is 0 Å². The largest absolute Gasteiger partial charge is 0.417 e. The molecule has 0 aromatic carbocycles. The zero-order valence-electron chi connectivity index (χ0n) is 3.37. The van der Waals surface area contributed by atoms with Crippen LogP contribution in [-0.2, 0) is 0 Å². The summed E-state index contributed by atoms with van der Waals surface area (Å²) in [4.78, 5) is 3.57. The molecule has 0 amide bonds. The Morgan fingerprint density at radius 2 is 2.71 bits per heavy atom. The van der Waals surface area contributed by atoms with Gasteiger partial charge in [-0.15, -0.1) is 0 Å². The van der Waals surface area contributed by atoms with E-state index in [1.54, 1.807) is 0 Å². The van der Waals surface area contributed by atoms with E-state index in [1.807, 2.05) is 0 Å². The minimum absolute atomic E-state index is 0.170. The second-order valence-corrected chi connectivity index (χ2v) is 1.07. The molecule has 0 radical (unpaired) electrons. The molecule has 1 aromatic heterocycles. The first kappa shape index (κ1) is 4.52. The van der Waals surface area contributed by atoms with Crippen LogP contribution in [0.4, 0.5) is 0 Å². The summed E-state index contributed by atoms with van der Waals surface area (Å²) in [6.07, 6.45) is 3.06. The molecule has 0 aliphatic carbocycles. The molecule has 7 heavy (non-hydrogen) atoms. The first-order valence-corrected chi connectivity index (χ1v) is 2.01. The summed E-state index contributed by atoms with van der Waals surface area (Å²) >= 11 is 3.42. The Balaban J connectivity index is 2.76. The maximum absolute atomic E-state index is 4.57. The number of oxazole rings is 1. The van der Waals surface area contributed by atoms with Crippen molar-refractivity contribution in [1.82, 2.24) is 4.98 Å². The predicted molar refractivity (Wildman–Crippen MR) is 26.1 cm³/mol. The van der Waals surface area contributed by atoms with Crippen molar-refractivity contribution < 1.29 is 8.60 Å². The van der Waals surface area contributed by atoms with Crippen molar-refractivity contribution in [3.63, 3.8) is 0 Å². The van der Waals surface area contributed by atoms with Crippen LogP contribution < -0.4 is 4.18 Å². The van der Waals surface area contributed by atoms with E-state index >= 15 is 0 Å². The van der Waals surface area contributed by atoms with Gasteiger partial charge in [0.1, 0.15) is 6.26 Å². The van der Waals surface area contributed by atoms with Crippen LogP contribution in [0.15, 0.2) is 16.9 Å². The smallest absolute Gasteiger partial charge is 0.405 e. The molecule has 1 aromatic rings. The van der Waals surface area contributed by atoms with Gasteiger partial charge in [-0.2, -0.15) is 4.98 Å². The van der Waals surface area contributed by atoms with E-state index in [4.69, 9.17) is 0 Å². The zero-order valence-corrected chi connectivity index (χ0v) is 4.26. The minimum Gasteiger partial charge on any atom is -0.417 e. The Bertz CT molecular complexity index is 127. The Kier molecular flexibility index (Phi) is 1.21. The molecule has 0 saturated carbocycles. The lowest BCUT2D eigenvalue weighted by atomic mass is 11.0. The van der Waals surface area contributed by atoms with Gasteiger partial charge in [-0.25, -0.2) is 0 Å². The van der Waals surface area contributed by atoms with Crippen molar-refractivity contribution >= 4 is 12.9 Å². The predicted octanol–water partition coefficient (Wildman–Crippen LogP) is 0.898. The van der Waals surface area contributed by atoms with E-state index in [-0.39, 0.29) is 6.08 Å². The molecule has 0 saturated heterocycles. The third kappa shape index (κ3) is 0.866. The van der Waals surface area contributed by atoms with Crippen LogP contribution in [0.2, 0.25) is 0 Å². The fourth-order valence-electron chi connectivity index (χ4n) is 0.255. The van der Waals surface area contributed by atoms with E-state index in [0.29, 0.717) is 0 Å². The Labute approximate surface area is 45.9 Å². The topological polar surface area (TPSA) is 35.3 Å². The van der Waals surface area contributed by atoms with Crippen LogP contribution in [-0.4, -0.2) is 4.98 Å². The lowest BCUT2D eigenvalue weighted by Crippen LogP contribution is -1.68. The summed E-state index contributed by atoms with van der Waals surface area (Å²) in [5, 5.41) is 0. The Morgan fingerprint density at radius 3 is 3.00 bits per heavy atom. The summed E-state index contributed by atoms with van der Waals surface area (Å²) in [6, 6.07) is 0. The highest BCUT2D eigenvalue weighted by atomic mass is 32.1. The van der Waals surface area contributed by atoms with E-state index < -0.39 is 0 Å². The highest BCUT2D eigenvalue weighted by Gasteiger charge is 1.89. The molecular weight excluding hydrogens is 114 g/mol. The molecule has 0 N–H and O–H groups in total. The third-order valence-corrected chi connectivity index (χ3v) is 0.644. The first-order valence-electron chi connectivity index (χ1n) is 1.64. The molecule has 0 atom stereocenters. The van der Waals surface area contributed by atoms with Crippen LogP contribution >= 0.6 is 12.9 Å². The van der Waals surface area contributed by atoms with Crippen LogP contribution in [0, 0.1) is 0 Å². The monoisotopic (exact) mass is 117 g/mol. The van der Waals surface area contributed by atoms with Gasteiger partial charge < -0.3 is 8.60 Å². The molecule has 0 aliphatic rings. The standard InChI is InChI=1S/C3H3NO2S/c7-6-3-4-1-2-5-3/h1-2,7H. The summed E-state index contributed by atoms with van der Waals surface area (Å²) in [5.74, 6) is 0. The van der Waals surface area contributed by atoms with Crippen LogP contribution in [0.3, 0.4) is 0 Å². The van der Waals surface area contributed by atoms with Gasteiger partial charge in [0.2, 0.25) is 0 Å². The van der Waals surface area contributed by atoms with Gasteiger partial charge >= 0.3 is 6.08 Å². The molecule has 1 heterocycles. The van der Waals surface area contributed by atoms with Crippen LogP contribution in [0.25, 0.3) is 0 Å². The maximum Gasteiger partial charge on any atom is 0.405 e. The SMILES string of the molecule is SOc1ncco1. The zero-order chi connectivity index (χ0) is 5.11. The molecule has 4 heteroatoms. The number of aromatic nitrogens is 1. The molecule has 1 rings (SSSR count). The molecule has 3 nitrogen and oxygen atoms in total. The van der Waals surface area contributed by atoms with Crippen molar-refractivity contribution in [2.45, 2.75) is 0 Å². The number of rotatable bonds is 1. The molecule has 38 valence electrons. The van der Waals surface area contributed by atoms with E-state index in [0.717, 1.165) is 0 Å².